The Hall–Kier alpha value is -0.620. The fraction of sp³-hybridized carbons (Fsp3) is 0.500. The van der Waals surface area contributed by atoms with Crippen LogP contribution in [0.2, 0.25) is 0 Å². The molecule has 1 rings (SSSR count). The number of rotatable bonds is 7. The number of hydrogen-bond donors (Lipinski definition) is 1. The van der Waals surface area contributed by atoms with Crippen LogP contribution in [-0.2, 0) is 22.6 Å². The van der Waals surface area contributed by atoms with Gasteiger partial charge >= 0.3 is 0 Å². The van der Waals surface area contributed by atoms with E-state index < -0.39 is 10.2 Å². The smallest absolute Gasteiger partial charge is 0.198 e. The molecule has 6 heteroatoms. The fourth-order valence-corrected chi connectivity index (χ4v) is 2.97. The summed E-state index contributed by atoms with van der Waals surface area (Å²) in [5.41, 5.74) is 1.94. The summed E-state index contributed by atoms with van der Waals surface area (Å²) in [6.45, 7) is 4.87. The summed E-state index contributed by atoms with van der Waals surface area (Å²) in [6.07, 6.45) is 0. The predicted molar refractivity (Wildman–Crippen MR) is 74.7 cm³/mol. The topological polar surface area (TPSA) is 49.4 Å². The van der Waals surface area contributed by atoms with Crippen LogP contribution in [0.15, 0.2) is 24.3 Å². The lowest BCUT2D eigenvalue weighted by Gasteiger charge is -2.18. The molecule has 0 aromatic heterocycles. The van der Waals surface area contributed by atoms with E-state index in [0.29, 0.717) is 25.5 Å². The van der Waals surface area contributed by atoms with Gasteiger partial charge in [-0.2, -0.15) is 17.4 Å². The van der Waals surface area contributed by atoms with Gasteiger partial charge in [0.2, 0.25) is 0 Å². The van der Waals surface area contributed by atoms with Crippen LogP contribution < -0.4 is 4.72 Å². The second-order valence-electron chi connectivity index (χ2n) is 3.86. The zero-order valence-electron chi connectivity index (χ0n) is 10.7. The lowest BCUT2D eigenvalue weighted by atomic mass is 10.1. The number of alkyl halides is 1. The van der Waals surface area contributed by atoms with Crippen molar-refractivity contribution < 1.29 is 8.42 Å². The Balaban J connectivity index is 2.63. The average Bonchev–Trinajstić information content (AvgIpc) is 2.38. The van der Waals surface area contributed by atoms with Crippen molar-refractivity contribution in [2.75, 3.05) is 13.1 Å². The molecule has 102 valence electrons. The summed E-state index contributed by atoms with van der Waals surface area (Å²) in [5.74, 6) is 0.464. The monoisotopic (exact) mass is 290 g/mol. The van der Waals surface area contributed by atoms with Crippen LogP contribution in [0.5, 0.6) is 0 Å². The molecule has 0 radical (unpaired) electrons. The largest absolute Gasteiger partial charge is 0.279 e. The first-order valence-corrected chi connectivity index (χ1v) is 7.89. The molecule has 0 spiro atoms. The van der Waals surface area contributed by atoms with Gasteiger partial charge in [0.1, 0.15) is 0 Å². The van der Waals surface area contributed by atoms with Crippen molar-refractivity contribution in [1.29, 1.82) is 0 Å². The maximum atomic E-state index is 11.9. The van der Waals surface area contributed by atoms with E-state index in [-0.39, 0.29) is 0 Å². The van der Waals surface area contributed by atoms with Crippen molar-refractivity contribution in [1.82, 2.24) is 9.03 Å². The van der Waals surface area contributed by atoms with E-state index in [0.717, 1.165) is 11.1 Å². The summed E-state index contributed by atoms with van der Waals surface area (Å²) in [4.78, 5) is 0. The Labute approximate surface area is 114 Å². The highest BCUT2D eigenvalue weighted by atomic mass is 35.5. The van der Waals surface area contributed by atoms with Crippen LogP contribution in [0.3, 0.4) is 0 Å². The van der Waals surface area contributed by atoms with Gasteiger partial charge in [0.05, 0.1) is 0 Å². The number of nitrogens with one attached hydrogen (secondary N) is 1. The standard InChI is InChI=1S/C12H19ClN2O2S/c1-3-15(4-2)18(16,17)14-10-12-7-5-11(9-13)6-8-12/h5-8,14H,3-4,9-10H2,1-2H3. The normalized spacial score (nSPS) is 12.0. The first kappa shape index (κ1) is 15.4. The van der Waals surface area contributed by atoms with Gasteiger partial charge in [-0.25, -0.2) is 0 Å². The SMILES string of the molecule is CCN(CC)S(=O)(=O)NCc1ccc(CCl)cc1. The van der Waals surface area contributed by atoms with Gasteiger partial charge in [-0.1, -0.05) is 38.1 Å². The average molecular weight is 291 g/mol. The Morgan fingerprint density at radius 3 is 2.06 bits per heavy atom. The second kappa shape index (κ2) is 7.09. The highest BCUT2D eigenvalue weighted by Crippen LogP contribution is 2.07. The van der Waals surface area contributed by atoms with E-state index in [1.54, 1.807) is 0 Å². The quantitative estimate of drug-likeness (QED) is 0.782. The number of benzene rings is 1. The van der Waals surface area contributed by atoms with E-state index in [1.807, 2.05) is 38.1 Å². The molecule has 1 N–H and O–H groups in total. The molecule has 0 aliphatic carbocycles. The van der Waals surface area contributed by atoms with E-state index in [9.17, 15) is 8.42 Å². The molecule has 18 heavy (non-hydrogen) atoms. The molecule has 0 fully saturated rings. The molecular formula is C12H19ClN2O2S. The lowest BCUT2D eigenvalue weighted by Crippen LogP contribution is -2.40. The maximum Gasteiger partial charge on any atom is 0.279 e. The van der Waals surface area contributed by atoms with E-state index >= 15 is 0 Å². The third-order valence-corrected chi connectivity index (χ3v) is 4.70. The minimum absolute atomic E-state index is 0.293. The third kappa shape index (κ3) is 4.24. The van der Waals surface area contributed by atoms with Crippen molar-refractivity contribution >= 4 is 21.8 Å². The molecule has 0 aliphatic rings. The van der Waals surface area contributed by atoms with Crippen molar-refractivity contribution in [2.45, 2.75) is 26.3 Å². The minimum Gasteiger partial charge on any atom is -0.198 e. The fourth-order valence-electron chi connectivity index (χ4n) is 1.58. The maximum absolute atomic E-state index is 11.9. The first-order chi connectivity index (χ1) is 8.53. The number of hydrogen-bond acceptors (Lipinski definition) is 2. The number of halogens is 1. The molecule has 4 nitrogen and oxygen atoms in total. The van der Waals surface area contributed by atoms with Crippen molar-refractivity contribution in [2.24, 2.45) is 0 Å². The Bertz CT molecular complexity index is 455. The third-order valence-electron chi connectivity index (χ3n) is 2.68. The van der Waals surface area contributed by atoms with Gasteiger partial charge < -0.3 is 0 Å². The lowest BCUT2D eigenvalue weighted by molar-refractivity contribution is 0.434. The summed E-state index contributed by atoms with van der Waals surface area (Å²) < 4.78 is 27.7. The molecular weight excluding hydrogens is 272 g/mol. The van der Waals surface area contributed by atoms with E-state index in [1.165, 1.54) is 4.31 Å². The molecule has 0 heterocycles. The van der Waals surface area contributed by atoms with Crippen molar-refractivity contribution in [3.8, 4) is 0 Å². The predicted octanol–water partition coefficient (Wildman–Crippen LogP) is 2.10. The molecule has 0 aliphatic heterocycles. The molecule has 0 atom stereocenters. The highest BCUT2D eigenvalue weighted by Gasteiger charge is 2.17. The number of nitrogens with zero attached hydrogens (tertiary/aromatic N) is 1. The van der Waals surface area contributed by atoms with Gasteiger partial charge in [-0.15, -0.1) is 11.6 Å². The Morgan fingerprint density at radius 1 is 1.11 bits per heavy atom. The Kier molecular flexibility index (Phi) is 6.08. The van der Waals surface area contributed by atoms with Crippen LogP contribution >= 0.6 is 11.6 Å². The molecule has 0 unspecified atom stereocenters. The van der Waals surface area contributed by atoms with Gasteiger partial charge in [-0.3, -0.25) is 0 Å². The molecule has 0 amide bonds. The minimum atomic E-state index is -3.38. The zero-order valence-corrected chi connectivity index (χ0v) is 12.3. The molecule has 0 saturated heterocycles. The van der Waals surface area contributed by atoms with Crippen LogP contribution in [0.1, 0.15) is 25.0 Å². The van der Waals surface area contributed by atoms with Gasteiger partial charge in [-0.05, 0) is 11.1 Å². The van der Waals surface area contributed by atoms with Crippen LogP contribution in [-0.4, -0.2) is 25.8 Å². The first-order valence-electron chi connectivity index (χ1n) is 5.92. The van der Waals surface area contributed by atoms with Crippen LogP contribution in [0.25, 0.3) is 0 Å². The van der Waals surface area contributed by atoms with Gasteiger partial charge in [0.15, 0.2) is 0 Å². The van der Waals surface area contributed by atoms with Gasteiger partial charge in [0.25, 0.3) is 10.2 Å². The summed E-state index contributed by atoms with van der Waals surface area (Å²) in [5, 5.41) is 0. The van der Waals surface area contributed by atoms with Crippen molar-refractivity contribution in [3.63, 3.8) is 0 Å². The summed E-state index contributed by atoms with van der Waals surface area (Å²) in [6, 6.07) is 7.55. The van der Waals surface area contributed by atoms with E-state index in [2.05, 4.69) is 4.72 Å². The van der Waals surface area contributed by atoms with Crippen molar-refractivity contribution in [3.05, 3.63) is 35.4 Å². The molecule has 0 bridgehead atoms. The van der Waals surface area contributed by atoms with Crippen LogP contribution in [0.4, 0.5) is 0 Å². The summed E-state index contributed by atoms with van der Waals surface area (Å²) in [7, 11) is -3.38. The van der Waals surface area contributed by atoms with Crippen LogP contribution in [0, 0.1) is 0 Å². The van der Waals surface area contributed by atoms with E-state index in [4.69, 9.17) is 11.6 Å². The van der Waals surface area contributed by atoms with Gasteiger partial charge in [0, 0.05) is 25.5 Å². The molecule has 1 aromatic rings. The summed E-state index contributed by atoms with van der Waals surface area (Å²) >= 11 is 5.69. The molecule has 0 saturated carbocycles. The Morgan fingerprint density at radius 2 is 1.61 bits per heavy atom. The zero-order chi connectivity index (χ0) is 13.6. The highest BCUT2D eigenvalue weighted by molar-refractivity contribution is 7.87. The second-order valence-corrected chi connectivity index (χ2v) is 5.88. The molecule has 1 aromatic carbocycles.